The van der Waals surface area contributed by atoms with Gasteiger partial charge in [-0.25, -0.2) is 13.8 Å². The van der Waals surface area contributed by atoms with Gasteiger partial charge in [-0.05, 0) is 25.1 Å². The number of nitrogens with zero attached hydrogens (tertiary/aromatic N) is 2. The van der Waals surface area contributed by atoms with Gasteiger partial charge >= 0.3 is 0 Å². The predicted octanol–water partition coefficient (Wildman–Crippen LogP) is 3.74. The van der Waals surface area contributed by atoms with Crippen LogP contribution in [-0.4, -0.2) is 22.0 Å². The van der Waals surface area contributed by atoms with Gasteiger partial charge in [0.05, 0.1) is 6.04 Å². The number of carbonyl (C=O) groups is 1. The van der Waals surface area contributed by atoms with Crippen molar-refractivity contribution in [3.8, 4) is 16.5 Å². The maximum absolute atomic E-state index is 13.8. The minimum atomic E-state index is -0.498. The van der Waals surface area contributed by atoms with Crippen molar-refractivity contribution in [3.05, 3.63) is 64.8 Å². The van der Waals surface area contributed by atoms with Crippen molar-refractivity contribution in [2.45, 2.75) is 19.1 Å². The van der Waals surface area contributed by atoms with Gasteiger partial charge in [-0.3, -0.25) is 9.78 Å². The van der Waals surface area contributed by atoms with Crippen LogP contribution in [0.5, 0.6) is 5.75 Å². The molecule has 1 aromatic carbocycles. The van der Waals surface area contributed by atoms with Crippen LogP contribution in [0.1, 0.15) is 29.0 Å². The number of halogens is 2. The molecule has 0 fully saturated rings. The summed E-state index contributed by atoms with van der Waals surface area (Å²) in [4.78, 5) is 20.7. The molecule has 0 saturated carbocycles. The monoisotopic (exact) mass is 373 g/mol. The smallest absolute Gasteiger partial charge is 0.271 e. The number of rotatable bonds is 3. The van der Waals surface area contributed by atoms with E-state index in [1.807, 2.05) is 0 Å². The van der Waals surface area contributed by atoms with Crippen molar-refractivity contribution < 1.29 is 18.3 Å². The van der Waals surface area contributed by atoms with Crippen molar-refractivity contribution in [3.63, 3.8) is 0 Å². The Bertz CT molecular complexity index is 992. The maximum Gasteiger partial charge on any atom is 0.271 e. The number of amides is 1. The zero-order valence-corrected chi connectivity index (χ0v) is 14.4. The highest BCUT2D eigenvalue weighted by Gasteiger charge is 2.33. The summed E-state index contributed by atoms with van der Waals surface area (Å²) in [5.74, 6) is -0.897. The highest BCUT2D eigenvalue weighted by Crippen LogP contribution is 2.37. The van der Waals surface area contributed by atoms with Crippen molar-refractivity contribution in [2.24, 2.45) is 0 Å². The summed E-state index contributed by atoms with van der Waals surface area (Å²) in [6.45, 7) is 1.79. The van der Waals surface area contributed by atoms with Crippen molar-refractivity contribution in [1.29, 1.82) is 0 Å². The number of hydrogen-bond donors (Lipinski definition) is 1. The zero-order chi connectivity index (χ0) is 18.3. The molecule has 0 saturated heterocycles. The molecule has 0 spiro atoms. The lowest BCUT2D eigenvalue weighted by Gasteiger charge is -2.16. The predicted molar refractivity (Wildman–Crippen MR) is 92.0 cm³/mol. The van der Waals surface area contributed by atoms with Crippen LogP contribution in [0.2, 0.25) is 0 Å². The van der Waals surface area contributed by atoms with Gasteiger partial charge in [0.15, 0.2) is 5.82 Å². The number of hydrogen-bond acceptors (Lipinski definition) is 5. The largest absolute Gasteiger partial charge is 0.488 e. The molecule has 3 heterocycles. The molecule has 5 nitrogen and oxygen atoms in total. The minimum Gasteiger partial charge on any atom is -0.488 e. The normalized spacial score (nSPS) is 18.3. The summed E-state index contributed by atoms with van der Waals surface area (Å²) in [5.41, 5.74) is 0.978. The third-order valence-electron chi connectivity index (χ3n) is 4.08. The Morgan fingerprint density at radius 2 is 2.15 bits per heavy atom. The summed E-state index contributed by atoms with van der Waals surface area (Å²) < 4.78 is 32.7. The summed E-state index contributed by atoms with van der Waals surface area (Å²) in [6, 6.07) is 6.57. The van der Waals surface area contributed by atoms with Crippen LogP contribution in [0.4, 0.5) is 8.78 Å². The Kier molecular flexibility index (Phi) is 4.12. The van der Waals surface area contributed by atoms with Crippen LogP contribution >= 0.6 is 11.3 Å². The van der Waals surface area contributed by atoms with Crippen LogP contribution < -0.4 is 10.1 Å². The minimum absolute atomic E-state index is 0.106. The molecule has 0 aliphatic carbocycles. The van der Waals surface area contributed by atoms with Gasteiger partial charge in [-0.15, -0.1) is 11.3 Å². The molecule has 2 atom stereocenters. The summed E-state index contributed by atoms with van der Waals surface area (Å²) in [7, 11) is 0. The van der Waals surface area contributed by atoms with Crippen LogP contribution in [0.15, 0.2) is 41.9 Å². The number of aromatic nitrogens is 2. The molecule has 26 heavy (non-hydrogen) atoms. The van der Waals surface area contributed by atoms with Gasteiger partial charge in [-0.2, -0.15) is 0 Å². The lowest BCUT2D eigenvalue weighted by molar-refractivity contribution is 0.0904. The molecule has 1 aliphatic heterocycles. The molecule has 2 unspecified atom stereocenters. The number of fused-ring (bicyclic) bond motifs is 1. The number of benzene rings is 1. The van der Waals surface area contributed by atoms with E-state index in [4.69, 9.17) is 4.74 Å². The Hall–Kier alpha value is -2.87. The summed E-state index contributed by atoms with van der Waals surface area (Å²) in [6.07, 6.45) is 1.12. The first kappa shape index (κ1) is 16.6. The number of thiazole rings is 1. The summed E-state index contributed by atoms with van der Waals surface area (Å²) >= 11 is 1.14. The molecule has 4 rings (SSSR count). The van der Waals surface area contributed by atoms with Gasteiger partial charge in [0, 0.05) is 23.2 Å². The molecule has 1 N–H and O–H groups in total. The SMILES string of the molecule is CC1Oc2cc(F)ccc2C1NC(=O)c1csc(-c2ncccc2F)n1. The molecule has 1 aliphatic rings. The first-order valence-electron chi connectivity index (χ1n) is 7.86. The highest BCUT2D eigenvalue weighted by molar-refractivity contribution is 7.13. The Morgan fingerprint density at radius 3 is 2.96 bits per heavy atom. The number of ether oxygens (including phenoxy) is 1. The van der Waals surface area contributed by atoms with Gasteiger partial charge in [0.1, 0.15) is 34.1 Å². The van der Waals surface area contributed by atoms with E-state index >= 15 is 0 Å². The number of pyridine rings is 1. The fourth-order valence-corrected chi connectivity index (χ4v) is 3.62. The van der Waals surface area contributed by atoms with Crippen LogP contribution in [0, 0.1) is 11.6 Å². The van der Waals surface area contributed by atoms with Crippen molar-refractivity contribution in [2.75, 3.05) is 0 Å². The fraction of sp³-hybridized carbons (Fsp3) is 0.167. The zero-order valence-electron chi connectivity index (χ0n) is 13.6. The van der Waals surface area contributed by atoms with E-state index in [2.05, 4.69) is 15.3 Å². The third-order valence-corrected chi connectivity index (χ3v) is 4.93. The van der Waals surface area contributed by atoms with Crippen LogP contribution in [0.25, 0.3) is 10.7 Å². The second-order valence-corrected chi connectivity index (χ2v) is 6.69. The molecule has 0 bridgehead atoms. The van der Waals surface area contributed by atoms with E-state index in [9.17, 15) is 13.6 Å². The second kappa shape index (κ2) is 6.45. The Morgan fingerprint density at radius 1 is 1.31 bits per heavy atom. The molecular formula is C18H13F2N3O2S. The highest BCUT2D eigenvalue weighted by atomic mass is 32.1. The summed E-state index contributed by atoms with van der Waals surface area (Å²) in [5, 5.41) is 4.72. The fourth-order valence-electron chi connectivity index (χ4n) is 2.83. The quantitative estimate of drug-likeness (QED) is 0.760. The molecule has 8 heteroatoms. The van der Waals surface area contributed by atoms with Gasteiger partial charge in [-0.1, -0.05) is 6.07 Å². The lowest BCUT2D eigenvalue weighted by atomic mass is 10.0. The van der Waals surface area contributed by atoms with E-state index in [-0.39, 0.29) is 17.5 Å². The number of carbonyl (C=O) groups excluding carboxylic acids is 1. The van der Waals surface area contributed by atoms with Gasteiger partial charge < -0.3 is 10.1 Å². The molecule has 0 radical (unpaired) electrons. The lowest BCUT2D eigenvalue weighted by Crippen LogP contribution is -2.34. The van der Waals surface area contributed by atoms with E-state index in [1.165, 1.54) is 30.5 Å². The number of nitrogens with one attached hydrogen (secondary N) is 1. The van der Waals surface area contributed by atoms with Gasteiger partial charge in [0.25, 0.3) is 5.91 Å². The average molecular weight is 373 g/mol. The topological polar surface area (TPSA) is 64.1 Å². The van der Waals surface area contributed by atoms with E-state index in [0.29, 0.717) is 16.3 Å². The first-order valence-corrected chi connectivity index (χ1v) is 8.74. The van der Waals surface area contributed by atoms with Crippen molar-refractivity contribution >= 4 is 17.2 Å². The van der Waals surface area contributed by atoms with E-state index in [1.54, 1.807) is 18.4 Å². The molecular weight excluding hydrogens is 360 g/mol. The molecule has 1 amide bonds. The molecule has 2 aromatic heterocycles. The van der Waals surface area contributed by atoms with Crippen LogP contribution in [-0.2, 0) is 0 Å². The van der Waals surface area contributed by atoms with Crippen molar-refractivity contribution in [1.82, 2.24) is 15.3 Å². The van der Waals surface area contributed by atoms with E-state index < -0.39 is 23.6 Å². The first-order chi connectivity index (χ1) is 12.5. The molecule has 132 valence electrons. The third kappa shape index (κ3) is 2.92. The Labute approximate surface area is 151 Å². The van der Waals surface area contributed by atoms with Gasteiger partial charge in [0.2, 0.25) is 0 Å². The maximum atomic E-state index is 13.8. The standard InChI is InChI=1S/C18H13F2N3O2S/c1-9-15(11-5-4-10(19)7-14(11)25-9)23-17(24)13-8-26-18(22-13)16-12(20)3-2-6-21-16/h2-9,15H,1H3,(H,23,24). The Balaban J connectivity index is 1.56. The second-order valence-electron chi connectivity index (χ2n) is 5.83. The average Bonchev–Trinajstić information content (AvgIpc) is 3.20. The molecule has 3 aromatic rings. The van der Waals surface area contributed by atoms with Crippen LogP contribution in [0.3, 0.4) is 0 Å². The van der Waals surface area contributed by atoms with E-state index in [0.717, 1.165) is 11.3 Å².